The van der Waals surface area contributed by atoms with Gasteiger partial charge < -0.3 is 15.0 Å². The van der Waals surface area contributed by atoms with E-state index in [2.05, 4.69) is 5.32 Å². The van der Waals surface area contributed by atoms with Gasteiger partial charge in [-0.15, -0.1) is 0 Å². The Labute approximate surface area is 106 Å². The minimum atomic E-state index is -0.0906. The minimum absolute atomic E-state index is 0.0731. The molecule has 1 unspecified atom stereocenters. The van der Waals surface area contributed by atoms with Crippen molar-refractivity contribution in [3.8, 4) is 0 Å². The number of benzene rings is 1. The summed E-state index contributed by atoms with van der Waals surface area (Å²) in [5.74, 6) is -0.0176. The smallest absolute Gasteiger partial charge is 0.253 e. The maximum Gasteiger partial charge on any atom is 0.253 e. The van der Waals surface area contributed by atoms with E-state index in [0.29, 0.717) is 12.1 Å². The Morgan fingerprint density at radius 1 is 1.44 bits per heavy atom. The summed E-state index contributed by atoms with van der Waals surface area (Å²) in [5.41, 5.74) is 1.72. The van der Waals surface area contributed by atoms with E-state index in [1.807, 2.05) is 49.0 Å². The van der Waals surface area contributed by atoms with Crippen LogP contribution in [0, 0.1) is 5.92 Å². The fourth-order valence-electron chi connectivity index (χ4n) is 1.95. The molecule has 0 spiro atoms. The number of aliphatic hydroxyl groups is 1. The number of amides is 1. The molecule has 0 saturated carbocycles. The summed E-state index contributed by atoms with van der Waals surface area (Å²) in [5, 5.41) is 12.7. The summed E-state index contributed by atoms with van der Waals surface area (Å²) >= 11 is 0. The second kappa shape index (κ2) is 5.23. The molecule has 0 aliphatic heterocycles. The zero-order chi connectivity index (χ0) is 13.1. The molecule has 96 valence electrons. The molecule has 2 rings (SSSR count). The molecule has 0 bridgehead atoms. The first-order valence-electron chi connectivity index (χ1n) is 6.06. The summed E-state index contributed by atoms with van der Waals surface area (Å²) in [7, 11) is 1.93. The van der Waals surface area contributed by atoms with E-state index in [-0.39, 0.29) is 18.4 Å². The van der Waals surface area contributed by atoms with Gasteiger partial charge in [-0.05, 0) is 12.0 Å². The summed E-state index contributed by atoms with van der Waals surface area (Å²) < 4.78 is 1.94. The molecule has 4 nitrogen and oxygen atoms in total. The standard InChI is InChI=1S/C14H18N2O2/c1-10(9-17)7-15-14(18)12-8-16(2)13-6-4-3-5-11(12)13/h3-6,8,10,17H,7,9H2,1-2H3,(H,15,18). The van der Waals surface area contributed by atoms with Crippen molar-refractivity contribution in [2.24, 2.45) is 13.0 Å². The Hall–Kier alpha value is -1.81. The van der Waals surface area contributed by atoms with Gasteiger partial charge in [-0.25, -0.2) is 0 Å². The number of para-hydroxylation sites is 1. The van der Waals surface area contributed by atoms with E-state index in [1.54, 1.807) is 0 Å². The number of carbonyl (C=O) groups excluding carboxylic acids is 1. The van der Waals surface area contributed by atoms with Gasteiger partial charge >= 0.3 is 0 Å². The lowest BCUT2D eigenvalue weighted by molar-refractivity contribution is 0.0944. The van der Waals surface area contributed by atoms with Crippen LogP contribution >= 0.6 is 0 Å². The number of rotatable bonds is 4. The number of nitrogens with zero attached hydrogens (tertiary/aromatic N) is 1. The maximum atomic E-state index is 12.1. The third kappa shape index (κ3) is 2.38. The lowest BCUT2D eigenvalue weighted by Crippen LogP contribution is -2.29. The first kappa shape index (κ1) is 12.6. The average Bonchev–Trinajstić information content (AvgIpc) is 2.74. The predicted molar refractivity (Wildman–Crippen MR) is 71.5 cm³/mol. The third-order valence-electron chi connectivity index (χ3n) is 3.06. The lowest BCUT2D eigenvalue weighted by Gasteiger charge is -2.08. The Kier molecular flexibility index (Phi) is 3.67. The molecule has 2 N–H and O–H groups in total. The van der Waals surface area contributed by atoms with Crippen molar-refractivity contribution in [3.05, 3.63) is 36.0 Å². The Balaban J connectivity index is 2.23. The highest BCUT2D eigenvalue weighted by atomic mass is 16.3. The van der Waals surface area contributed by atoms with Crippen LogP contribution in [-0.4, -0.2) is 28.7 Å². The van der Waals surface area contributed by atoms with E-state index in [1.165, 1.54) is 0 Å². The molecule has 0 aliphatic rings. The van der Waals surface area contributed by atoms with E-state index >= 15 is 0 Å². The zero-order valence-electron chi connectivity index (χ0n) is 10.7. The average molecular weight is 246 g/mol. The van der Waals surface area contributed by atoms with Crippen molar-refractivity contribution in [3.63, 3.8) is 0 Å². The SMILES string of the molecule is CC(CO)CNC(=O)c1cn(C)c2ccccc12. The highest BCUT2D eigenvalue weighted by Crippen LogP contribution is 2.19. The van der Waals surface area contributed by atoms with Gasteiger partial charge in [0.15, 0.2) is 0 Å². The number of aliphatic hydroxyl groups excluding tert-OH is 1. The van der Waals surface area contributed by atoms with Crippen molar-refractivity contribution in [2.75, 3.05) is 13.2 Å². The van der Waals surface area contributed by atoms with Gasteiger partial charge in [0.2, 0.25) is 0 Å². The molecule has 0 fully saturated rings. The van der Waals surface area contributed by atoms with Crippen LogP contribution in [-0.2, 0) is 7.05 Å². The van der Waals surface area contributed by atoms with E-state index < -0.39 is 0 Å². The lowest BCUT2D eigenvalue weighted by atomic mass is 10.1. The number of aryl methyl sites for hydroxylation is 1. The van der Waals surface area contributed by atoms with Crippen LogP contribution in [0.5, 0.6) is 0 Å². The van der Waals surface area contributed by atoms with Crippen molar-refractivity contribution in [1.82, 2.24) is 9.88 Å². The highest BCUT2D eigenvalue weighted by molar-refractivity contribution is 6.06. The first-order valence-corrected chi connectivity index (χ1v) is 6.06. The second-order valence-electron chi connectivity index (χ2n) is 4.67. The number of hydrogen-bond donors (Lipinski definition) is 2. The van der Waals surface area contributed by atoms with Crippen LogP contribution in [0.1, 0.15) is 17.3 Å². The van der Waals surface area contributed by atoms with Gasteiger partial charge in [-0.1, -0.05) is 25.1 Å². The molecule has 18 heavy (non-hydrogen) atoms. The van der Waals surface area contributed by atoms with Crippen LogP contribution in [0.25, 0.3) is 10.9 Å². The third-order valence-corrected chi connectivity index (χ3v) is 3.06. The zero-order valence-corrected chi connectivity index (χ0v) is 10.7. The number of hydrogen-bond acceptors (Lipinski definition) is 2. The molecule has 1 amide bonds. The molecule has 1 aromatic carbocycles. The quantitative estimate of drug-likeness (QED) is 0.859. The first-order chi connectivity index (χ1) is 8.63. The summed E-state index contributed by atoms with van der Waals surface area (Å²) in [6.45, 7) is 2.46. The Morgan fingerprint density at radius 2 is 2.17 bits per heavy atom. The molecular formula is C14H18N2O2. The highest BCUT2D eigenvalue weighted by Gasteiger charge is 2.13. The molecule has 4 heteroatoms. The normalized spacial score (nSPS) is 12.6. The van der Waals surface area contributed by atoms with E-state index in [0.717, 1.165) is 10.9 Å². The van der Waals surface area contributed by atoms with Gasteiger partial charge in [0.05, 0.1) is 5.56 Å². The fourth-order valence-corrected chi connectivity index (χ4v) is 1.95. The van der Waals surface area contributed by atoms with Crippen LogP contribution in [0.15, 0.2) is 30.5 Å². The summed E-state index contributed by atoms with van der Waals surface area (Å²) in [4.78, 5) is 12.1. The van der Waals surface area contributed by atoms with E-state index in [4.69, 9.17) is 5.11 Å². The van der Waals surface area contributed by atoms with Gasteiger partial charge in [-0.2, -0.15) is 0 Å². The monoisotopic (exact) mass is 246 g/mol. The van der Waals surface area contributed by atoms with Crippen molar-refractivity contribution >= 4 is 16.8 Å². The van der Waals surface area contributed by atoms with Crippen molar-refractivity contribution < 1.29 is 9.90 Å². The molecule has 1 atom stereocenters. The second-order valence-corrected chi connectivity index (χ2v) is 4.67. The molecule has 0 saturated heterocycles. The predicted octanol–water partition coefficient (Wildman–Crippen LogP) is 1.54. The Bertz CT molecular complexity index is 560. The van der Waals surface area contributed by atoms with Gasteiger partial charge in [0, 0.05) is 37.3 Å². The van der Waals surface area contributed by atoms with Crippen molar-refractivity contribution in [2.45, 2.75) is 6.92 Å². The topological polar surface area (TPSA) is 54.3 Å². The molecule has 1 heterocycles. The number of nitrogens with one attached hydrogen (secondary N) is 1. The van der Waals surface area contributed by atoms with E-state index in [9.17, 15) is 4.79 Å². The number of fused-ring (bicyclic) bond motifs is 1. The minimum Gasteiger partial charge on any atom is -0.396 e. The van der Waals surface area contributed by atoms with Gasteiger partial charge in [0.25, 0.3) is 5.91 Å². The molecule has 1 aromatic heterocycles. The fraction of sp³-hybridized carbons (Fsp3) is 0.357. The maximum absolute atomic E-state index is 12.1. The van der Waals surface area contributed by atoms with Gasteiger partial charge in [-0.3, -0.25) is 4.79 Å². The molecule has 0 aliphatic carbocycles. The van der Waals surface area contributed by atoms with Crippen molar-refractivity contribution in [1.29, 1.82) is 0 Å². The van der Waals surface area contributed by atoms with Crippen LogP contribution in [0.3, 0.4) is 0 Å². The molecular weight excluding hydrogens is 228 g/mol. The summed E-state index contributed by atoms with van der Waals surface area (Å²) in [6, 6.07) is 7.81. The number of aromatic nitrogens is 1. The van der Waals surface area contributed by atoms with Crippen LogP contribution in [0.2, 0.25) is 0 Å². The largest absolute Gasteiger partial charge is 0.396 e. The van der Waals surface area contributed by atoms with Gasteiger partial charge in [0.1, 0.15) is 0 Å². The van der Waals surface area contributed by atoms with Crippen LogP contribution < -0.4 is 5.32 Å². The molecule has 2 aromatic rings. The van der Waals surface area contributed by atoms with Crippen LogP contribution in [0.4, 0.5) is 0 Å². The summed E-state index contributed by atoms with van der Waals surface area (Å²) in [6.07, 6.45) is 1.84. The molecule has 0 radical (unpaired) electrons. The number of carbonyl (C=O) groups is 1. The Morgan fingerprint density at radius 3 is 2.89 bits per heavy atom.